The summed E-state index contributed by atoms with van der Waals surface area (Å²) in [6.45, 7) is 1.99. The van der Waals surface area contributed by atoms with Crippen LogP contribution in [0.5, 0.6) is 5.75 Å². The summed E-state index contributed by atoms with van der Waals surface area (Å²) in [7, 11) is 1.63. The number of methoxy groups -OCH3 is 1. The van der Waals surface area contributed by atoms with E-state index in [0.717, 1.165) is 23.7 Å². The van der Waals surface area contributed by atoms with Crippen molar-refractivity contribution < 1.29 is 4.74 Å². The van der Waals surface area contributed by atoms with Gasteiger partial charge < -0.3 is 4.74 Å². The molecule has 0 spiro atoms. The molecule has 0 unspecified atom stereocenters. The normalized spacial score (nSPS) is 10.3. The largest absolute Gasteiger partial charge is 0.497 e. The lowest BCUT2D eigenvalue weighted by Gasteiger charge is -2.01. The van der Waals surface area contributed by atoms with Gasteiger partial charge in [0, 0.05) is 12.5 Å². The fourth-order valence-corrected chi connectivity index (χ4v) is 1.23. The monoisotopic (exact) mass is 204 g/mol. The molecule has 2 rings (SSSR count). The highest BCUT2D eigenvalue weighted by Crippen LogP contribution is 2.14. The molecule has 0 radical (unpaired) electrons. The number of nitrogens with zero attached hydrogens (tertiary/aromatic N) is 4. The number of hydrogen-bond acceptors (Lipinski definition) is 4. The van der Waals surface area contributed by atoms with Crippen LogP contribution in [0.3, 0.4) is 0 Å². The van der Waals surface area contributed by atoms with Crippen molar-refractivity contribution in [3.05, 3.63) is 30.1 Å². The number of benzene rings is 1. The average Bonchev–Trinajstić information content (AvgIpc) is 2.78. The van der Waals surface area contributed by atoms with Crippen molar-refractivity contribution in [1.29, 1.82) is 0 Å². The molecule has 0 N–H and O–H groups in total. The molecule has 0 saturated heterocycles. The van der Waals surface area contributed by atoms with E-state index < -0.39 is 0 Å². The highest BCUT2D eigenvalue weighted by atomic mass is 16.5. The Bertz CT molecular complexity index is 452. The number of ether oxygens (including phenoxy) is 1. The molecule has 5 heteroatoms. The molecule has 2 aromatic rings. The molecular formula is C10H12N4O. The highest BCUT2D eigenvalue weighted by Gasteiger charge is 2.03. The standard InChI is InChI=1S/C10H12N4O/c1-3-10-11-13-14(12-10)8-5-4-6-9(7-8)15-2/h4-7H,3H2,1-2H3. The van der Waals surface area contributed by atoms with E-state index >= 15 is 0 Å². The molecule has 0 atom stereocenters. The Morgan fingerprint density at radius 2 is 2.27 bits per heavy atom. The second kappa shape index (κ2) is 4.08. The van der Waals surface area contributed by atoms with E-state index in [0.29, 0.717) is 0 Å². The van der Waals surface area contributed by atoms with E-state index in [1.165, 1.54) is 4.80 Å². The first-order valence-electron chi connectivity index (χ1n) is 4.77. The van der Waals surface area contributed by atoms with E-state index in [1.54, 1.807) is 7.11 Å². The predicted octanol–water partition coefficient (Wildman–Crippen LogP) is 1.23. The second-order valence-corrected chi connectivity index (χ2v) is 3.05. The van der Waals surface area contributed by atoms with Crippen LogP contribution in [0, 0.1) is 0 Å². The summed E-state index contributed by atoms with van der Waals surface area (Å²) in [5, 5.41) is 12.1. The lowest BCUT2D eigenvalue weighted by molar-refractivity contribution is 0.414. The third-order valence-electron chi connectivity index (χ3n) is 2.06. The Balaban J connectivity index is 2.35. The lowest BCUT2D eigenvalue weighted by Crippen LogP contribution is -1.99. The Hall–Kier alpha value is -1.91. The lowest BCUT2D eigenvalue weighted by atomic mass is 10.3. The van der Waals surface area contributed by atoms with Crippen LogP contribution in [0.4, 0.5) is 0 Å². The van der Waals surface area contributed by atoms with Crippen LogP contribution in [0.2, 0.25) is 0 Å². The molecule has 0 fully saturated rings. The van der Waals surface area contributed by atoms with Crippen LogP contribution in [0.25, 0.3) is 5.69 Å². The van der Waals surface area contributed by atoms with E-state index in [2.05, 4.69) is 15.4 Å². The minimum Gasteiger partial charge on any atom is -0.497 e. The molecular weight excluding hydrogens is 192 g/mol. The summed E-state index contributed by atoms with van der Waals surface area (Å²) in [5.74, 6) is 1.51. The number of tetrazole rings is 1. The first-order chi connectivity index (χ1) is 7.33. The van der Waals surface area contributed by atoms with Crippen molar-refractivity contribution in [1.82, 2.24) is 20.2 Å². The van der Waals surface area contributed by atoms with E-state index in [9.17, 15) is 0 Å². The van der Waals surface area contributed by atoms with Crippen LogP contribution in [0.1, 0.15) is 12.7 Å². The van der Waals surface area contributed by atoms with Crippen LogP contribution < -0.4 is 4.74 Å². The maximum absolute atomic E-state index is 5.12. The van der Waals surface area contributed by atoms with E-state index in [4.69, 9.17) is 4.74 Å². The third kappa shape index (κ3) is 1.96. The molecule has 15 heavy (non-hydrogen) atoms. The zero-order valence-electron chi connectivity index (χ0n) is 8.71. The average molecular weight is 204 g/mol. The summed E-state index contributed by atoms with van der Waals surface area (Å²) in [6.07, 6.45) is 0.782. The summed E-state index contributed by atoms with van der Waals surface area (Å²) in [4.78, 5) is 1.50. The molecule has 0 aliphatic heterocycles. The van der Waals surface area contributed by atoms with Gasteiger partial charge in [0.05, 0.1) is 12.8 Å². The van der Waals surface area contributed by atoms with Gasteiger partial charge in [-0.2, -0.15) is 0 Å². The van der Waals surface area contributed by atoms with Crippen molar-refractivity contribution in [2.75, 3.05) is 7.11 Å². The first-order valence-corrected chi connectivity index (χ1v) is 4.77. The van der Waals surface area contributed by atoms with Gasteiger partial charge in [0.1, 0.15) is 5.75 Å². The van der Waals surface area contributed by atoms with Gasteiger partial charge in [-0.15, -0.1) is 15.0 Å². The molecule has 78 valence electrons. The SMILES string of the molecule is CCc1nnn(-c2cccc(OC)c2)n1. The minimum absolute atomic E-state index is 0.734. The number of aromatic nitrogens is 4. The quantitative estimate of drug-likeness (QED) is 0.754. The molecule has 1 heterocycles. The summed E-state index contributed by atoms with van der Waals surface area (Å²) in [6, 6.07) is 7.54. The smallest absolute Gasteiger partial charge is 0.174 e. The number of aryl methyl sites for hydroxylation is 1. The molecule has 0 aliphatic carbocycles. The van der Waals surface area contributed by atoms with Crippen molar-refractivity contribution in [3.8, 4) is 11.4 Å². The molecule has 0 amide bonds. The van der Waals surface area contributed by atoms with Gasteiger partial charge in [-0.1, -0.05) is 13.0 Å². The Morgan fingerprint density at radius 1 is 1.40 bits per heavy atom. The first kappa shape index (κ1) is 9.64. The third-order valence-corrected chi connectivity index (χ3v) is 2.06. The second-order valence-electron chi connectivity index (χ2n) is 3.05. The maximum atomic E-state index is 5.12. The fraction of sp³-hybridized carbons (Fsp3) is 0.300. The summed E-state index contributed by atoms with van der Waals surface area (Å²) < 4.78 is 5.12. The summed E-state index contributed by atoms with van der Waals surface area (Å²) >= 11 is 0. The maximum Gasteiger partial charge on any atom is 0.174 e. The Morgan fingerprint density at radius 3 is 2.93 bits per heavy atom. The van der Waals surface area contributed by atoms with Gasteiger partial charge in [0.15, 0.2) is 5.82 Å². The van der Waals surface area contributed by atoms with E-state index in [-0.39, 0.29) is 0 Å². The molecule has 0 saturated carbocycles. The van der Waals surface area contributed by atoms with Crippen molar-refractivity contribution in [2.24, 2.45) is 0 Å². The Labute approximate surface area is 87.7 Å². The van der Waals surface area contributed by atoms with Crippen LogP contribution in [-0.2, 0) is 6.42 Å². The molecule has 0 bridgehead atoms. The molecule has 5 nitrogen and oxygen atoms in total. The van der Waals surface area contributed by atoms with Gasteiger partial charge in [-0.3, -0.25) is 0 Å². The predicted molar refractivity (Wildman–Crippen MR) is 55.1 cm³/mol. The van der Waals surface area contributed by atoms with E-state index in [1.807, 2.05) is 31.2 Å². The zero-order chi connectivity index (χ0) is 10.7. The topological polar surface area (TPSA) is 52.8 Å². The van der Waals surface area contributed by atoms with Crippen molar-refractivity contribution in [3.63, 3.8) is 0 Å². The van der Waals surface area contributed by atoms with Crippen LogP contribution in [-0.4, -0.2) is 27.3 Å². The summed E-state index contributed by atoms with van der Waals surface area (Å²) in [5.41, 5.74) is 0.849. The van der Waals surface area contributed by atoms with Gasteiger partial charge in [-0.05, 0) is 17.3 Å². The van der Waals surface area contributed by atoms with Gasteiger partial charge in [0.2, 0.25) is 0 Å². The number of rotatable bonds is 3. The van der Waals surface area contributed by atoms with Crippen molar-refractivity contribution in [2.45, 2.75) is 13.3 Å². The van der Waals surface area contributed by atoms with Crippen molar-refractivity contribution >= 4 is 0 Å². The molecule has 1 aromatic carbocycles. The van der Waals surface area contributed by atoms with Crippen LogP contribution >= 0.6 is 0 Å². The van der Waals surface area contributed by atoms with Gasteiger partial charge >= 0.3 is 0 Å². The van der Waals surface area contributed by atoms with Crippen LogP contribution in [0.15, 0.2) is 24.3 Å². The van der Waals surface area contributed by atoms with Gasteiger partial charge in [0.25, 0.3) is 0 Å². The number of hydrogen-bond donors (Lipinski definition) is 0. The Kier molecular flexibility index (Phi) is 2.62. The minimum atomic E-state index is 0.734. The fourth-order valence-electron chi connectivity index (χ4n) is 1.23. The molecule has 0 aliphatic rings. The molecule has 1 aromatic heterocycles. The zero-order valence-corrected chi connectivity index (χ0v) is 8.71. The highest BCUT2D eigenvalue weighted by molar-refractivity contribution is 5.37. The van der Waals surface area contributed by atoms with Gasteiger partial charge in [-0.25, -0.2) is 0 Å².